The first-order chi connectivity index (χ1) is 14.5. The molecule has 0 radical (unpaired) electrons. The lowest BCUT2D eigenvalue weighted by atomic mass is 10.0. The first-order valence-corrected chi connectivity index (χ1v) is 11.6. The van der Waals surface area contributed by atoms with Crippen LogP contribution in [0.2, 0.25) is 0 Å². The monoisotopic (exact) mass is 421 g/mol. The highest BCUT2D eigenvalue weighted by Gasteiger charge is 2.28. The fourth-order valence-electron chi connectivity index (χ4n) is 3.96. The first kappa shape index (κ1) is 20.4. The third kappa shape index (κ3) is 4.20. The van der Waals surface area contributed by atoms with Crippen LogP contribution in [-0.2, 0) is 16.4 Å². The van der Waals surface area contributed by atoms with Crippen LogP contribution < -0.4 is 14.5 Å². The number of nitrogens with zero attached hydrogens (tertiary/aromatic N) is 2. The highest BCUT2D eigenvalue weighted by molar-refractivity contribution is 7.89. The number of fused-ring (bicyclic) bond motifs is 1. The smallest absolute Gasteiger partial charge is 0.240 e. The summed E-state index contributed by atoms with van der Waals surface area (Å²) in [5, 5.41) is 0. The van der Waals surface area contributed by atoms with E-state index in [2.05, 4.69) is 57.0 Å². The molecule has 0 aromatic heterocycles. The molecule has 0 aliphatic carbocycles. The van der Waals surface area contributed by atoms with Crippen molar-refractivity contribution in [3.63, 3.8) is 0 Å². The zero-order chi connectivity index (χ0) is 21.1. The van der Waals surface area contributed by atoms with Crippen molar-refractivity contribution in [2.24, 2.45) is 0 Å². The lowest BCUT2D eigenvalue weighted by Crippen LogP contribution is -2.37. The Balaban J connectivity index is 1.64. The molecule has 3 aromatic rings. The molecule has 0 fully saturated rings. The number of para-hydroxylation sites is 1. The summed E-state index contributed by atoms with van der Waals surface area (Å²) in [6.45, 7) is 1.17. The highest BCUT2D eigenvalue weighted by atomic mass is 32.2. The van der Waals surface area contributed by atoms with Gasteiger partial charge in [0.2, 0.25) is 10.0 Å². The van der Waals surface area contributed by atoms with Crippen LogP contribution in [0, 0.1) is 0 Å². The van der Waals surface area contributed by atoms with Crippen molar-refractivity contribution < 1.29 is 8.42 Å². The van der Waals surface area contributed by atoms with Crippen LogP contribution in [0.5, 0.6) is 0 Å². The van der Waals surface area contributed by atoms with Crippen molar-refractivity contribution in [3.8, 4) is 0 Å². The van der Waals surface area contributed by atoms with E-state index >= 15 is 0 Å². The molecule has 1 aliphatic rings. The van der Waals surface area contributed by atoms with Gasteiger partial charge in [0.05, 0.1) is 10.9 Å². The van der Waals surface area contributed by atoms with Crippen LogP contribution in [0.15, 0.2) is 83.8 Å². The molecular formula is C24H27N3O2S. The van der Waals surface area contributed by atoms with Gasteiger partial charge in [-0.25, -0.2) is 13.1 Å². The van der Waals surface area contributed by atoms with Crippen molar-refractivity contribution >= 4 is 21.4 Å². The second kappa shape index (κ2) is 8.50. The van der Waals surface area contributed by atoms with Crippen molar-refractivity contribution in [1.29, 1.82) is 0 Å². The predicted octanol–water partition coefficient (Wildman–Crippen LogP) is 3.83. The van der Waals surface area contributed by atoms with Crippen molar-refractivity contribution in [3.05, 3.63) is 90.0 Å². The van der Waals surface area contributed by atoms with E-state index in [0.717, 1.165) is 24.2 Å². The van der Waals surface area contributed by atoms with E-state index in [1.165, 1.54) is 11.3 Å². The molecule has 0 spiro atoms. The summed E-state index contributed by atoms with van der Waals surface area (Å²) < 4.78 is 28.5. The normalized spacial score (nSPS) is 14.4. The topological polar surface area (TPSA) is 52.7 Å². The van der Waals surface area contributed by atoms with Crippen molar-refractivity contribution in [2.75, 3.05) is 37.0 Å². The number of hydrogen-bond donors (Lipinski definition) is 1. The summed E-state index contributed by atoms with van der Waals surface area (Å²) in [5.41, 5.74) is 4.69. The standard InChI is InChI=1S/C24H27N3O2S/c1-26(2)21-14-12-20(13-15-21)24(27-17-16-19-8-6-7-11-23(19)27)18-25-30(28,29)22-9-4-3-5-10-22/h3-15,24-25H,16-18H2,1-2H3/t24-/m0/s1. The number of rotatable bonds is 7. The van der Waals surface area contributed by atoms with Gasteiger partial charge in [-0.2, -0.15) is 0 Å². The van der Waals surface area contributed by atoms with Crippen LogP contribution in [0.1, 0.15) is 17.2 Å². The SMILES string of the molecule is CN(C)c1ccc([C@H](CNS(=O)(=O)c2ccccc2)N2CCc3ccccc32)cc1. The Morgan fingerprint density at radius 3 is 2.30 bits per heavy atom. The van der Waals surface area contributed by atoms with E-state index in [4.69, 9.17) is 0 Å². The molecule has 5 nitrogen and oxygen atoms in total. The Kier molecular flexibility index (Phi) is 5.79. The van der Waals surface area contributed by atoms with Crippen LogP contribution in [-0.4, -0.2) is 35.6 Å². The molecule has 4 rings (SSSR count). The van der Waals surface area contributed by atoms with Gasteiger partial charge >= 0.3 is 0 Å². The second-order valence-electron chi connectivity index (χ2n) is 7.74. The summed E-state index contributed by atoms with van der Waals surface area (Å²) >= 11 is 0. The summed E-state index contributed by atoms with van der Waals surface area (Å²) in [7, 11) is 0.445. The Morgan fingerprint density at radius 1 is 0.933 bits per heavy atom. The van der Waals surface area contributed by atoms with Gasteiger partial charge in [0, 0.05) is 38.6 Å². The molecule has 0 bridgehead atoms. The van der Waals surface area contributed by atoms with Gasteiger partial charge in [-0.05, 0) is 47.9 Å². The maximum Gasteiger partial charge on any atom is 0.240 e. The summed E-state index contributed by atoms with van der Waals surface area (Å²) in [6.07, 6.45) is 0.966. The van der Waals surface area contributed by atoms with E-state index in [9.17, 15) is 8.42 Å². The lowest BCUT2D eigenvalue weighted by Gasteiger charge is -2.31. The van der Waals surface area contributed by atoms with Gasteiger partial charge in [0.1, 0.15) is 0 Å². The largest absolute Gasteiger partial charge is 0.378 e. The Bertz CT molecular complexity index is 1100. The van der Waals surface area contributed by atoms with Gasteiger partial charge in [0.15, 0.2) is 0 Å². The number of nitrogens with one attached hydrogen (secondary N) is 1. The maximum atomic E-state index is 12.8. The average molecular weight is 422 g/mol. The molecule has 1 heterocycles. The molecule has 0 saturated carbocycles. The van der Waals surface area contributed by atoms with Gasteiger partial charge in [-0.3, -0.25) is 0 Å². The summed E-state index contributed by atoms with van der Waals surface area (Å²) in [5.74, 6) is 0. The number of hydrogen-bond acceptors (Lipinski definition) is 4. The molecule has 30 heavy (non-hydrogen) atoms. The maximum absolute atomic E-state index is 12.8. The minimum Gasteiger partial charge on any atom is -0.378 e. The Morgan fingerprint density at radius 2 is 1.60 bits per heavy atom. The minimum absolute atomic E-state index is 0.0941. The number of anilines is 2. The van der Waals surface area contributed by atoms with Crippen LogP contribution >= 0.6 is 0 Å². The Hall–Kier alpha value is -2.83. The summed E-state index contributed by atoms with van der Waals surface area (Å²) in [4.78, 5) is 4.66. The quantitative estimate of drug-likeness (QED) is 0.630. The lowest BCUT2D eigenvalue weighted by molar-refractivity contribution is 0.563. The molecule has 1 aliphatic heterocycles. The molecule has 6 heteroatoms. The second-order valence-corrected chi connectivity index (χ2v) is 9.51. The molecule has 3 aromatic carbocycles. The molecule has 0 saturated heterocycles. The van der Waals surface area contributed by atoms with Gasteiger partial charge in [-0.15, -0.1) is 0 Å². The molecule has 1 N–H and O–H groups in total. The van der Waals surface area contributed by atoms with Crippen LogP contribution in [0.4, 0.5) is 11.4 Å². The fraction of sp³-hybridized carbons (Fsp3) is 0.250. The van der Waals surface area contributed by atoms with E-state index in [-0.39, 0.29) is 10.9 Å². The molecular weight excluding hydrogens is 394 g/mol. The zero-order valence-corrected chi connectivity index (χ0v) is 18.1. The fourth-order valence-corrected chi connectivity index (χ4v) is 5.02. The van der Waals surface area contributed by atoms with Gasteiger partial charge in [0.25, 0.3) is 0 Å². The summed E-state index contributed by atoms with van der Waals surface area (Å²) in [6, 6.07) is 25.2. The minimum atomic E-state index is -3.58. The van der Waals surface area contributed by atoms with E-state index in [1.54, 1.807) is 24.3 Å². The highest BCUT2D eigenvalue weighted by Crippen LogP contribution is 2.35. The van der Waals surface area contributed by atoms with E-state index in [1.807, 2.05) is 26.2 Å². The molecule has 1 atom stereocenters. The third-order valence-electron chi connectivity index (χ3n) is 5.61. The van der Waals surface area contributed by atoms with Gasteiger partial charge < -0.3 is 9.80 Å². The van der Waals surface area contributed by atoms with Crippen molar-refractivity contribution in [2.45, 2.75) is 17.4 Å². The van der Waals surface area contributed by atoms with E-state index < -0.39 is 10.0 Å². The predicted molar refractivity (Wildman–Crippen MR) is 123 cm³/mol. The van der Waals surface area contributed by atoms with Crippen molar-refractivity contribution in [1.82, 2.24) is 4.72 Å². The van der Waals surface area contributed by atoms with Crippen LogP contribution in [0.3, 0.4) is 0 Å². The zero-order valence-electron chi connectivity index (χ0n) is 17.3. The average Bonchev–Trinajstić information content (AvgIpc) is 3.19. The molecule has 0 unspecified atom stereocenters. The first-order valence-electron chi connectivity index (χ1n) is 10.1. The molecule has 156 valence electrons. The molecule has 0 amide bonds. The van der Waals surface area contributed by atoms with Crippen LogP contribution in [0.25, 0.3) is 0 Å². The third-order valence-corrected chi connectivity index (χ3v) is 7.05. The number of sulfonamides is 1. The Labute approximate surface area is 179 Å². The number of benzene rings is 3. The van der Waals surface area contributed by atoms with E-state index in [0.29, 0.717) is 6.54 Å². The van der Waals surface area contributed by atoms with Gasteiger partial charge in [-0.1, -0.05) is 48.5 Å².